The Morgan fingerprint density at radius 2 is 1.19 bits per heavy atom. The van der Waals surface area contributed by atoms with E-state index in [1.807, 2.05) is 54.6 Å². The van der Waals surface area contributed by atoms with Gasteiger partial charge >= 0.3 is 17.9 Å². The summed E-state index contributed by atoms with van der Waals surface area (Å²) in [6.45, 7) is 8.02. The third kappa shape index (κ3) is 11.7. The van der Waals surface area contributed by atoms with Crippen molar-refractivity contribution in [2.24, 2.45) is 0 Å². The summed E-state index contributed by atoms with van der Waals surface area (Å²) in [5.74, 6) is -0.161. The first-order valence-electron chi connectivity index (χ1n) is 13.8. The second-order valence-electron chi connectivity index (χ2n) is 9.32. The van der Waals surface area contributed by atoms with E-state index in [2.05, 4.69) is 48.2 Å². The molecular formula is C35H36O8. The summed E-state index contributed by atoms with van der Waals surface area (Å²) in [7, 11) is 1.24. The Morgan fingerprint density at radius 3 is 1.77 bits per heavy atom. The summed E-state index contributed by atoms with van der Waals surface area (Å²) in [5.41, 5.74) is 4.28. The van der Waals surface area contributed by atoms with Crippen molar-refractivity contribution in [2.45, 2.75) is 19.3 Å². The number of hydrogen-bond donors (Lipinski definition) is 0. The number of methoxy groups -OCH3 is 1. The van der Waals surface area contributed by atoms with E-state index in [0.29, 0.717) is 19.0 Å². The van der Waals surface area contributed by atoms with Gasteiger partial charge in [0.15, 0.2) is 0 Å². The van der Waals surface area contributed by atoms with E-state index >= 15 is 0 Å². The van der Waals surface area contributed by atoms with Crippen molar-refractivity contribution >= 4 is 30.1 Å². The largest absolute Gasteiger partial charge is 0.494 e. The number of rotatable bonds is 17. The summed E-state index contributed by atoms with van der Waals surface area (Å²) in [4.78, 5) is 34.0. The van der Waals surface area contributed by atoms with Gasteiger partial charge in [-0.15, -0.1) is 0 Å². The van der Waals surface area contributed by atoms with Gasteiger partial charge in [-0.3, -0.25) is 4.79 Å². The molecule has 8 nitrogen and oxygen atoms in total. The fourth-order valence-corrected chi connectivity index (χ4v) is 3.74. The molecule has 0 aromatic heterocycles. The van der Waals surface area contributed by atoms with Crippen molar-refractivity contribution in [1.29, 1.82) is 0 Å². The molecule has 3 aromatic rings. The molecular weight excluding hydrogens is 548 g/mol. The molecule has 0 fully saturated rings. The predicted octanol–water partition coefficient (Wildman–Crippen LogP) is 6.45. The van der Waals surface area contributed by atoms with E-state index in [1.54, 1.807) is 0 Å². The van der Waals surface area contributed by atoms with Gasteiger partial charge in [0.25, 0.3) is 0 Å². The van der Waals surface area contributed by atoms with Crippen LogP contribution in [0.3, 0.4) is 0 Å². The monoisotopic (exact) mass is 584 g/mol. The Kier molecular flexibility index (Phi) is 13.3. The second-order valence-corrected chi connectivity index (χ2v) is 9.32. The van der Waals surface area contributed by atoms with Gasteiger partial charge in [-0.2, -0.15) is 0 Å². The molecule has 0 aliphatic carbocycles. The molecule has 0 unspecified atom stereocenters. The van der Waals surface area contributed by atoms with Gasteiger partial charge in [0.05, 0.1) is 26.7 Å². The summed E-state index contributed by atoms with van der Waals surface area (Å²) in [6, 6.07) is 23.8. The standard InChI is InChI=1S/C35H36O8/c1-4-33(36)42-22-6-5-21-40-31-17-11-28(12-18-31)8-7-27-9-13-29(14-10-27)30-15-19-32(20-16-30)41-23-24-43-35(38)26(2)25-34(37)39-3/h4,7-20H,1-2,5-6,21-25H2,3H3/b8-7+. The zero-order valence-electron chi connectivity index (χ0n) is 24.3. The molecule has 0 saturated heterocycles. The number of ether oxygens (including phenoxy) is 5. The van der Waals surface area contributed by atoms with Gasteiger partial charge < -0.3 is 23.7 Å². The van der Waals surface area contributed by atoms with E-state index < -0.39 is 17.9 Å². The highest BCUT2D eigenvalue weighted by molar-refractivity contribution is 5.93. The van der Waals surface area contributed by atoms with Gasteiger partial charge in [-0.1, -0.05) is 73.8 Å². The number of hydrogen-bond acceptors (Lipinski definition) is 8. The van der Waals surface area contributed by atoms with Gasteiger partial charge in [0, 0.05) is 11.6 Å². The van der Waals surface area contributed by atoms with Gasteiger partial charge in [-0.05, 0) is 59.4 Å². The zero-order chi connectivity index (χ0) is 30.9. The van der Waals surface area contributed by atoms with Crippen LogP contribution in [0.5, 0.6) is 11.5 Å². The number of carbonyl (C=O) groups is 3. The van der Waals surface area contributed by atoms with Crippen LogP contribution < -0.4 is 9.47 Å². The first-order chi connectivity index (χ1) is 20.9. The van der Waals surface area contributed by atoms with Crippen LogP contribution >= 0.6 is 0 Å². The SMILES string of the molecule is C=CC(=O)OCCCCOc1ccc(/C=C/c2ccc(-c3ccc(OCCOC(=O)C(=C)CC(=O)OC)cc3)cc2)cc1. The summed E-state index contributed by atoms with van der Waals surface area (Å²) in [6.07, 6.45) is 6.58. The highest BCUT2D eigenvalue weighted by Crippen LogP contribution is 2.24. The van der Waals surface area contributed by atoms with E-state index in [1.165, 1.54) is 7.11 Å². The molecule has 43 heavy (non-hydrogen) atoms. The van der Waals surface area contributed by atoms with Crippen molar-refractivity contribution in [3.05, 3.63) is 109 Å². The van der Waals surface area contributed by atoms with Gasteiger partial charge in [0.1, 0.15) is 24.7 Å². The van der Waals surface area contributed by atoms with Gasteiger partial charge in [-0.25, -0.2) is 9.59 Å². The highest BCUT2D eigenvalue weighted by Gasteiger charge is 2.13. The molecule has 0 aliphatic rings. The Labute approximate surface area is 252 Å². The van der Waals surface area contributed by atoms with Crippen LogP contribution in [0.1, 0.15) is 30.4 Å². The molecule has 3 aromatic carbocycles. The highest BCUT2D eigenvalue weighted by atomic mass is 16.6. The normalized spacial score (nSPS) is 10.5. The molecule has 8 heteroatoms. The maximum atomic E-state index is 11.8. The quantitative estimate of drug-likeness (QED) is 0.0587. The molecule has 0 bridgehead atoms. The van der Waals surface area contributed by atoms with Crippen LogP contribution in [0.4, 0.5) is 0 Å². The van der Waals surface area contributed by atoms with E-state index in [4.69, 9.17) is 18.9 Å². The number of unbranched alkanes of at least 4 members (excludes halogenated alkanes) is 1. The Balaban J connectivity index is 1.39. The van der Waals surface area contributed by atoms with Crippen molar-refractivity contribution in [3.63, 3.8) is 0 Å². The van der Waals surface area contributed by atoms with Crippen LogP contribution in [0.2, 0.25) is 0 Å². The minimum absolute atomic E-state index is 0.0334. The summed E-state index contributed by atoms with van der Waals surface area (Å²) < 4.78 is 25.9. The van der Waals surface area contributed by atoms with Crippen LogP contribution in [0.15, 0.2) is 97.6 Å². The molecule has 0 atom stereocenters. The predicted molar refractivity (Wildman–Crippen MR) is 165 cm³/mol. The Bertz CT molecular complexity index is 1390. The molecule has 0 saturated carbocycles. The van der Waals surface area contributed by atoms with Crippen LogP contribution in [-0.4, -0.2) is 51.4 Å². The third-order valence-corrected chi connectivity index (χ3v) is 6.12. The van der Waals surface area contributed by atoms with E-state index in [-0.39, 0.29) is 25.2 Å². The maximum absolute atomic E-state index is 11.8. The van der Waals surface area contributed by atoms with Crippen LogP contribution in [0.25, 0.3) is 23.3 Å². The lowest BCUT2D eigenvalue weighted by molar-refractivity contribution is -0.144. The molecule has 0 aliphatic heterocycles. The second kappa shape index (κ2) is 17.6. The summed E-state index contributed by atoms with van der Waals surface area (Å²) >= 11 is 0. The van der Waals surface area contributed by atoms with Crippen molar-refractivity contribution < 1.29 is 38.1 Å². The lowest BCUT2D eigenvalue weighted by atomic mass is 10.0. The summed E-state index contributed by atoms with van der Waals surface area (Å²) in [5, 5.41) is 0. The van der Waals surface area contributed by atoms with Crippen molar-refractivity contribution in [1.82, 2.24) is 0 Å². The molecule has 0 N–H and O–H groups in total. The molecule has 224 valence electrons. The number of esters is 3. The smallest absolute Gasteiger partial charge is 0.334 e. The fourth-order valence-electron chi connectivity index (χ4n) is 3.74. The maximum Gasteiger partial charge on any atom is 0.334 e. The van der Waals surface area contributed by atoms with Crippen LogP contribution in [0, 0.1) is 0 Å². The lowest BCUT2D eigenvalue weighted by Gasteiger charge is -2.09. The molecule has 0 amide bonds. The minimum Gasteiger partial charge on any atom is -0.494 e. The fraction of sp³-hybridized carbons (Fsp3) is 0.229. The van der Waals surface area contributed by atoms with Crippen LogP contribution in [-0.2, 0) is 28.6 Å². The average molecular weight is 585 g/mol. The minimum atomic E-state index is -0.652. The number of carbonyl (C=O) groups excluding carboxylic acids is 3. The van der Waals surface area contributed by atoms with E-state index in [9.17, 15) is 14.4 Å². The van der Waals surface area contributed by atoms with Crippen molar-refractivity contribution in [2.75, 3.05) is 33.5 Å². The van der Waals surface area contributed by atoms with Crippen molar-refractivity contribution in [3.8, 4) is 22.6 Å². The molecule has 0 radical (unpaired) electrons. The van der Waals surface area contributed by atoms with E-state index in [0.717, 1.165) is 46.9 Å². The third-order valence-electron chi connectivity index (χ3n) is 6.12. The topological polar surface area (TPSA) is 97.4 Å². The molecule has 3 rings (SSSR count). The zero-order valence-corrected chi connectivity index (χ0v) is 24.3. The first-order valence-corrected chi connectivity index (χ1v) is 13.8. The number of benzene rings is 3. The lowest BCUT2D eigenvalue weighted by Crippen LogP contribution is -2.15. The molecule has 0 heterocycles. The first kappa shape index (κ1) is 32.4. The van der Waals surface area contributed by atoms with Gasteiger partial charge in [0.2, 0.25) is 0 Å². The Hall–Kier alpha value is -5.11. The Morgan fingerprint density at radius 1 is 0.674 bits per heavy atom. The average Bonchev–Trinajstić information content (AvgIpc) is 3.04. The molecule has 0 spiro atoms.